The summed E-state index contributed by atoms with van der Waals surface area (Å²) in [5, 5.41) is 14.0. The number of likely N-dealkylation sites (N-methyl/N-ethyl adjacent to an activating group) is 1. The maximum Gasteiger partial charge on any atom is 0.224 e. The monoisotopic (exact) mass is 496 g/mol. The molecule has 1 aliphatic carbocycles. The predicted octanol–water partition coefficient (Wildman–Crippen LogP) is 4.01. The van der Waals surface area contributed by atoms with Gasteiger partial charge >= 0.3 is 0 Å². The standard InChI is InChI=1S/C30H32N4O3/c1-31-16-18-32(19-17-31)14-8-2-3-9-15-33-24-12-6-4-10-21(24)27-28(33)30(36)26-22-11-5-7-13-25(22)34(37)20-23(26)29(27)35/h4-7,10-13,20H,2-3,8-9,14-19H2,1H3. The van der Waals surface area contributed by atoms with E-state index in [1.54, 1.807) is 24.3 Å². The van der Waals surface area contributed by atoms with Crippen LogP contribution in [0.5, 0.6) is 0 Å². The van der Waals surface area contributed by atoms with Crippen LogP contribution in [0.3, 0.4) is 0 Å². The van der Waals surface area contributed by atoms with Crippen molar-refractivity contribution in [2.75, 3.05) is 39.8 Å². The van der Waals surface area contributed by atoms with Gasteiger partial charge < -0.3 is 19.6 Å². The normalized spacial score (nSPS) is 16.5. The molecule has 1 fully saturated rings. The summed E-state index contributed by atoms with van der Waals surface area (Å²) in [7, 11) is 2.18. The van der Waals surface area contributed by atoms with Gasteiger partial charge in [0.2, 0.25) is 17.1 Å². The van der Waals surface area contributed by atoms with E-state index in [1.807, 2.05) is 28.8 Å². The summed E-state index contributed by atoms with van der Waals surface area (Å²) in [5.41, 5.74) is 2.73. The zero-order chi connectivity index (χ0) is 25.5. The molecule has 0 spiro atoms. The van der Waals surface area contributed by atoms with Crippen molar-refractivity contribution >= 4 is 33.4 Å². The van der Waals surface area contributed by atoms with E-state index in [2.05, 4.69) is 16.8 Å². The lowest BCUT2D eigenvalue weighted by molar-refractivity contribution is -0.577. The maximum absolute atomic E-state index is 14.0. The molecule has 2 aromatic carbocycles. The van der Waals surface area contributed by atoms with Crippen LogP contribution in [-0.4, -0.2) is 65.7 Å². The summed E-state index contributed by atoms with van der Waals surface area (Å²) in [4.78, 5) is 32.7. The number of aromatic nitrogens is 2. The summed E-state index contributed by atoms with van der Waals surface area (Å²) in [6.45, 7) is 6.42. The van der Waals surface area contributed by atoms with E-state index in [9.17, 15) is 14.8 Å². The largest absolute Gasteiger partial charge is 0.618 e. The third kappa shape index (κ3) is 4.12. The fourth-order valence-corrected chi connectivity index (χ4v) is 5.98. The molecule has 0 radical (unpaired) electrons. The first-order valence-corrected chi connectivity index (χ1v) is 13.3. The molecule has 190 valence electrons. The molecule has 7 heteroatoms. The van der Waals surface area contributed by atoms with Crippen LogP contribution in [0.1, 0.15) is 57.7 Å². The number of ketones is 2. The molecule has 2 aromatic heterocycles. The summed E-state index contributed by atoms with van der Waals surface area (Å²) in [6, 6.07) is 14.7. The third-order valence-corrected chi connectivity index (χ3v) is 8.01. The number of carbonyl (C=O) groups excluding carboxylic acids is 2. The number of rotatable bonds is 7. The van der Waals surface area contributed by atoms with E-state index in [0.717, 1.165) is 62.9 Å². The summed E-state index contributed by atoms with van der Waals surface area (Å²) >= 11 is 0. The number of benzene rings is 2. The van der Waals surface area contributed by atoms with Crippen LogP contribution in [0.4, 0.5) is 0 Å². The number of piperazine rings is 1. The molecule has 0 amide bonds. The number of nitrogens with zero attached hydrogens (tertiary/aromatic N) is 4. The zero-order valence-corrected chi connectivity index (χ0v) is 21.3. The highest BCUT2D eigenvalue weighted by atomic mass is 16.5. The molecule has 0 atom stereocenters. The van der Waals surface area contributed by atoms with Crippen molar-refractivity contribution in [1.82, 2.24) is 14.4 Å². The number of pyridine rings is 1. The first-order valence-electron chi connectivity index (χ1n) is 13.3. The van der Waals surface area contributed by atoms with Crippen LogP contribution in [0.2, 0.25) is 0 Å². The molecule has 1 aliphatic heterocycles. The smallest absolute Gasteiger partial charge is 0.224 e. The molecule has 0 N–H and O–H groups in total. The molecule has 1 saturated heterocycles. The Kier molecular flexibility index (Phi) is 6.26. The predicted molar refractivity (Wildman–Crippen MR) is 144 cm³/mol. The van der Waals surface area contributed by atoms with E-state index in [1.165, 1.54) is 12.6 Å². The maximum atomic E-state index is 14.0. The van der Waals surface area contributed by atoms with Gasteiger partial charge in [0, 0.05) is 49.7 Å². The topological polar surface area (TPSA) is 72.5 Å². The van der Waals surface area contributed by atoms with Crippen LogP contribution >= 0.6 is 0 Å². The van der Waals surface area contributed by atoms with Gasteiger partial charge in [0.25, 0.3) is 0 Å². The molecular weight excluding hydrogens is 464 g/mol. The Morgan fingerprint density at radius 1 is 0.784 bits per heavy atom. The Balaban J connectivity index is 1.26. The van der Waals surface area contributed by atoms with Crippen LogP contribution < -0.4 is 4.73 Å². The lowest BCUT2D eigenvalue weighted by atomic mass is 9.85. The van der Waals surface area contributed by atoms with Gasteiger partial charge in [-0.2, -0.15) is 4.73 Å². The van der Waals surface area contributed by atoms with E-state index in [4.69, 9.17) is 0 Å². The highest BCUT2D eigenvalue weighted by Gasteiger charge is 2.38. The Morgan fingerprint density at radius 3 is 2.24 bits per heavy atom. The molecule has 2 aliphatic rings. The summed E-state index contributed by atoms with van der Waals surface area (Å²) in [5.74, 6) is -0.422. The second-order valence-corrected chi connectivity index (χ2v) is 10.4. The number of hydrogen-bond donors (Lipinski definition) is 0. The SMILES string of the molecule is CN1CCN(CCCCCCn2c3c(c4ccccc42)C(=O)c2c[n+]([O-])c4ccccc4c2C3=O)CC1. The van der Waals surface area contributed by atoms with Crippen molar-refractivity contribution < 1.29 is 14.3 Å². The second kappa shape index (κ2) is 9.72. The van der Waals surface area contributed by atoms with Gasteiger partial charge in [-0.1, -0.05) is 43.2 Å². The van der Waals surface area contributed by atoms with Crippen molar-refractivity contribution in [2.24, 2.45) is 0 Å². The van der Waals surface area contributed by atoms with Gasteiger partial charge in [-0.3, -0.25) is 9.59 Å². The summed E-state index contributed by atoms with van der Waals surface area (Å²) in [6.07, 6.45) is 5.62. The molecular formula is C30H32N4O3. The Labute approximate surface area is 216 Å². The van der Waals surface area contributed by atoms with Crippen molar-refractivity contribution in [3.8, 4) is 0 Å². The highest BCUT2D eigenvalue weighted by Crippen LogP contribution is 2.37. The van der Waals surface area contributed by atoms with Gasteiger partial charge in [0.1, 0.15) is 5.69 Å². The molecule has 0 saturated carbocycles. The molecule has 0 unspecified atom stereocenters. The zero-order valence-electron chi connectivity index (χ0n) is 21.3. The van der Waals surface area contributed by atoms with Gasteiger partial charge in [0.05, 0.1) is 22.1 Å². The molecule has 6 rings (SSSR count). The average molecular weight is 497 g/mol. The number of carbonyl (C=O) groups is 2. The number of fused-ring (bicyclic) bond motifs is 6. The quantitative estimate of drug-likeness (QED) is 0.193. The molecule has 37 heavy (non-hydrogen) atoms. The second-order valence-electron chi connectivity index (χ2n) is 10.4. The lowest BCUT2D eigenvalue weighted by Gasteiger charge is -2.32. The Hall–Kier alpha value is -3.55. The van der Waals surface area contributed by atoms with E-state index < -0.39 is 0 Å². The first-order chi connectivity index (χ1) is 18.0. The minimum Gasteiger partial charge on any atom is -0.618 e. The number of unbranched alkanes of at least 4 members (excludes halogenated alkanes) is 3. The van der Waals surface area contributed by atoms with Gasteiger partial charge in [-0.25, -0.2) is 0 Å². The lowest BCUT2D eigenvalue weighted by Crippen LogP contribution is -2.44. The van der Waals surface area contributed by atoms with Gasteiger partial charge in [-0.05, 0) is 38.6 Å². The van der Waals surface area contributed by atoms with Crippen molar-refractivity contribution in [2.45, 2.75) is 32.2 Å². The van der Waals surface area contributed by atoms with Crippen molar-refractivity contribution in [3.63, 3.8) is 0 Å². The highest BCUT2D eigenvalue weighted by molar-refractivity contribution is 6.34. The minimum absolute atomic E-state index is 0.173. The Bertz CT molecular complexity index is 1510. The van der Waals surface area contributed by atoms with Crippen molar-refractivity contribution in [1.29, 1.82) is 0 Å². The average Bonchev–Trinajstić information content (AvgIpc) is 3.25. The molecule has 3 heterocycles. The van der Waals surface area contributed by atoms with Crippen LogP contribution in [0, 0.1) is 5.21 Å². The minimum atomic E-state index is -0.248. The van der Waals surface area contributed by atoms with Crippen LogP contribution in [0.15, 0.2) is 54.7 Å². The fourth-order valence-electron chi connectivity index (χ4n) is 5.98. The fraction of sp³-hybridized carbons (Fsp3) is 0.367. The van der Waals surface area contributed by atoms with Gasteiger partial charge in [-0.15, -0.1) is 0 Å². The Morgan fingerprint density at radius 2 is 1.46 bits per heavy atom. The number of aryl methyl sites for hydroxylation is 1. The molecule has 7 nitrogen and oxygen atoms in total. The molecule has 4 aromatic rings. The van der Waals surface area contributed by atoms with Crippen LogP contribution in [-0.2, 0) is 6.54 Å². The third-order valence-electron chi connectivity index (χ3n) is 8.01. The molecule has 0 bridgehead atoms. The number of hydrogen-bond acceptors (Lipinski definition) is 5. The summed E-state index contributed by atoms with van der Waals surface area (Å²) < 4.78 is 2.74. The van der Waals surface area contributed by atoms with E-state index in [0.29, 0.717) is 39.0 Å². The van der Waals surface area contributed by atoms with Gasteiger partial charge in [0.15, 0.2) is 6.20 Å². The van der Waals surface area contributed by atoms with E-state index in [-0.39, 0.29) is 17.1 Å². The number of para-hydroxylation sites is 2. The van der Waals surface area contributed by atoms with Crippen molar-refractivity contribution in [3.05, 3.63) is 82.3 Å². The van der Waals surface area contributed by atoms with Crippen LogP contribution in [0.25, 0.3) is 21.8 Å². The first kappa shape index (κ1) is 23.8. The van der Waals surface area contributed by atoms with E-state index >= 15 is 0 Å².